The Morgan fingerprint density at radius 1 is 1.07 bits per heavy atom. The maximum Gasteiger partial charge on any atom is 0.116 e. The van der Waals surface area contributed by atoms with E-state index in [1.54, 1.807) is 18.2 Å². The van der Waals surface area contributed by atoms with E-state index in [0.29, 0.717) is 5.69 Å². The molecular weight excluding hydrogens is 186 g/mol. The highest BCUT2D eigenvalue weighted by atomic mass is 16.3. The smallest absolute Gasteiger partial charge is 0.116 e. The lowest BCUT2D eigenvalue weighted by Gasteiger charge is -2.07. The number of nitrogens with two attached hydrogens (primary N) is 1. The lowest BCUT2D eigenvalue weighted by Crippen LogP contribution is -1.89. The van der Waals surface area contributed by atoms with Gasteiger partial charge in [-0.05, 0) is 30.7 Å². The summed E-state index contributed by atoms with van der Waals surface area (Å²) < 4.78 is 0. The molecule has 2 nitrogen and oxygen atoms in total. The van der Waals surface area contributed by atoms with E-state index >= 15 is 0 Å². The number of benzene rings is 2. The van der Waals surface area contributed by atoms with Crippen LogP contribution in [0.5, 0.6) is 5.75 Å². The van der Waals surface area contributed by atoms with Crippen molar-refractivity contribution >= 4 is 5.69 Å². The summed E-state index contributed by atoms with van der Waals surface area (Å²) in [7, 11) is 0. The topological polar surface area (TPSA) is 46.2 Å². The summed E-state index contributed by atoms with van der Waals surface area (Å²) in [5.74, 6) is 0.237. The summed E-state index contributed by atoms with van der Waals surface area (Å²) in [4.78, 5) is 0. The summed E-state index contributed by atoms with van der Waals surface area (Å²) in [6.45, 7) is 2.03. The van der Waals surface area contributed by atoms with E-state index in [2.05, 4.69) is 0 Å². The monoisotopic (exact) mass is 199 g/mol. The molecule has 0 spiro atoms. The Morgan fingerprint density at radius 3 is 2.60 bits per heavy atom. The second-order valence-corrected chi connectivity index (χ2v) is 3.64. The summed E-state index contributed by atoms with van der Waals surface area (Å²) in [6.07, 6.45) is 0. The molecule has 0 saturated heterocycles. The average molecular weight is 199 g/mol. The number of nitrogen functional groups attached to an aromatic ring is 1. The number of phenolic OH excluding ortho intramolecular Hbond substituents is 1. The van der Waals surface area contributed by atoms with E-state index in [4.69, 9.17) is 5.73 Å². The van der Waals surface area contributed by atoms with E-state index in [0.717, 1.165) is 11.1 Å². The van der Waals surface area contributed by atoms with Gasteiger partial charge in [0.25, 0.3) is 0 Å². The van der Waals surface area contributed by atoms with Gasteiger partial charge in [-0.3, -0.25) is 0 Å². The fourth-order valence-corrected chi connectivity index (χ4v) is 1.61. The maximum atomic E-state index is 9.41. The van der Waals surface area contributed by atoms with E-state index < -0.39 is 0 Å². The van der Waals surface area contributed by atoms with Crippen LogP contribution in [0.4, 0.5) is 5.69 Å². The number of phenols is 1. The molecule has 2 aromatic rings. The van der Waals surface area contributed by atoms with Gasteiger partial charge >= 0.3 is 0 Å². The number of aromatic hydroxyl groups is 1. The van der Waals surface area contributed by atoms with E-state index in [1.807, 2.05) is 31.2 Å². The standard InChI is InChI=1S/C13H13NO/c1-9-3-2-4-10(7-9)12-8-11(15)5-6-13(12)14/h2-8,15H,14H2,1H3. The van der Waals surface area contributed by atoms with Gasteiger partial charge in [-0.2, -0.15) is 0 Å². The molecule has 0 fully saturated rings. The molecule has 0 saturated carbocycles. The Balaban J connectivity index is 2.58. The first-order valence-electron chi connectivity index (χ1n) is 4.82. The highest BCUT2D eigenvalue weighted by molar-refractivity contribution is 5.77. The van der Waals surface area contributed by atoms with Gasteiger partial charge < -0.3 is 10.8 Å². The molecule has 0 amide bonds. The molecule has 2 heteroatoms. The van der Waals surface area contributed by atoms with E-state index in [-0.39, 0.29) is 5.75 Å². The van der Waals surface area contributed by atoms with Crippen molar-refractivity contribution in [2.45, 2.75) is 6.92 Å². The molecule has 0 heterocycles. The number of anilines is 1. The van der Waals surface area contributed by atoms with Gasteiger partial charge in [0.1, 0.15) is 5.75 Å². The van der Waals surface area contributed by atoms with Crippen molar-refractivity contribution in [2.75, 3.05) is 5.73 Å². The lowest BCUT2D eigenvalue weighted by atomic mass is 10.0. The van der Waals surface area contributed by atoms with Crippen molar-refractivity contribution in [1.29, 1.82) is 0 Å². The van der Waals surface area contributed by atoms with Crippen molar-refractivity contribution in [1.82, 2.24) is 0 Å². The van der Waals surface area contributed by atoms with Gasteiger partial charge in [0, 0.05) is 11.3 Å². The van der Waals surface area contributed by atoms with Crippen molar-refractivity contribution in [3.8, 4) is 16.9 Å². The summed E-state index contributed by atoms with van der Waals surface area (Å²) in [6, 6.07) is 13.0. The highest BCUT2D eigenvalue weighted by Crippen LogP contribution is 2.29. The van der Waals surface area contributed by atoms with Gasteiger partial charge in [0.05, 0.1) is 0 Å². The summed E-state index contributed by atoms with van der Waals surface area (Å²) >= 11 is 0. The van der Waals surface area contributed by atoms with Crippen LogP contribution in [0.25, 0.3) is 11.1 Å². The molecule has 0 atom stereocenters. The van der Waals surface area contributed by atoms with Crippen molar-refractivity contribution in [2.24, 2.45) is 0 Å². The molecule has 0 aromatic heterocycles. The largest absolute Gasteiger partial charge is 0.508 e. The fourth-order valence-electron chi connectivity index (χ4n) is 1.61. The second-order valence-electron chi connectivity index (χ2n) is 3.64. The maximum absolute atomic E-state index is 9.41. The molecule has 76 valence electrons. The van der Waals surface area contributed by atoms with Gasteiger partial charge in [-0.1, -0.05) is 29.8 Å². The first kappa shape index (κ1) is 9.59. The normalized spacial score (nSPS) is 10.2. The van der Waals surface area contributed by atoms with Crippen molar-refractivity contribution in [3.63, 3.8) is 0 Å². The predicted molar refractivity (Wildman–Crippen MR) is 62.7 cm³/mol. The molecule has 0 aliphatic carbocycles. The molecule has 0 radical (unpaired) electrons. The first-order chi connectivity index (χ1) is 7.16. The Morgan fingerprint density at radius 2 is 1.87 bits per heavy atom. The molecule has 0 bridgehead atoms. The minimum Gasteiger partial charge on any atom is -0.508 e. The Kier molecular flexibility index (Phi) is 2.34. The highest BCUT2D eigenvalue weighted by Gasteiger charge is 2.03. The first-order valence-corrected chi connectivity index (χ1v) is 4.82. The van der Waals surface area contributed by atoms with Crippen LogP contribution in [-0.2, 0) is 0 Å². The van der Waals surface area contributed by atoms with Crippen LogP contribution in [0, 0.1) is 6.92 Å². The van der Waals surface area contributed by atoms with Crippen LogP contribution >= 0.6 is 0 Å². The predicted octanol–water partition coefficient (Wildman–Crippen LogP) is 2.95. The van der Waals surface area contributed by atoms with Crippen LogP contribution in [-0.4, -0.2) is 5.11 Å². The summed E-state index contributed by atoms with van der Waals surface area (Å²) in [5, 5.41) is 9.41. The quantitative estimate of drug-likeness (QED) is 0.548. The summed E-state index contributed by atoms with van der Waals surface area (Å²) in [5.41, 5.74) is 9.62. The fraction of sp³-hybridized carbons (Fsp3) is 0.0769. The number of hydrogen-bond acceptors (Lipinski definition) is 2. The SMILES string of the molecule is Cc1cccc(-c2cc(O)ccc2N)c1. The van der Waals surface area contributed by atoms with E-state index in [1.165, 1.54) is 5.56 Å². The van der Waals surface area contributed by atoms with Crippen molar-refractivity contribution in [3.05, 3.63) is 48.0 Å². The average Bonchev–Trinajstić information content (AvgIpc) is 2.22. The molecule has 15 heavy (non-hydrogen) atoms. The molecule has 3 N–H and O–H groups in total. The Bertz CT molecular complexity index is 492. The van der Waals surface area contributed by atoms with Crippen LogP contribution < -0.4 is 5.73 Å². The molecule has 0 aliphatic heterocycles. The van der Waals surface area contributed by atoms with Gasteiger partial charge in [-0.25, -0.2) is 0 Å². The molecular formula is C13H13NO. The third-order valence-electron chi connectivity index (χ3n) is 2.37. The number of hydrogen-bond donors (Lipinski definition) is 2. The van der Waals surface area contributed by atoms with Gasteiger partial charge in [0.15, 0.2) is 0 Å². The Labute approximate surface area is 89.0 Å². The minimum atomic E-state index is 0.237. The minimum absolute atomic E-state index is 0.237. The number of aryl methyl sites for hydroxylation is 1. The molecule has 0 unspecified atom stereocenters. The van der Waals surface area contributed by atoms with Gasteiger partial charge in [0.2, 0.25) is 0 Å². The van der Waals surface area contributed by atoms with E-state index in [9.17, 15) is 5.11 Å². The zero-order chi connectivity index (χ0) is 10.8. The van der Waals surface area contributed by atoms with Crippen LogP contribution in [0.3, 0.4) is 0 Å². The second kappa shape index (κ2) is 3.65. The van der Waals surface area contributed by atoms with Gasteiger partial charge in [-0.15, -0.1) is 0 Å². The van der Waals surface area contributed by atoms with Crippen LogP contribution in [0.15, 0.2) is 42.5 Å². The Hall–Kier alpha value is -1.96. The zero-order valence-corrected chi connectivity index (χ0v) is 8.57. The zero-order valence-electron chi connectivity index (χ0n) is 8.57. The molecule has 2 aromatic carbocycles. The van der Waals surface area contributed by atoms with Crippen molar-refractivity contribution < 1.29 is 5.11 Å². The third-order valence-corrected chi connectivity index (χ3v) is 2.37. The lowest BCUT2D eigenvalue weighted by molar-refractivity contribution is 0.475. The molecule has 0 aliphatic rings. The van der Waals surface area contributed by atoms with Crippen LogP contribution in [0.1, 0.15) is 5.56 Å². The number of rotatable bonds is 1. The third kappa shape index (κ3) is 1.94. The van der Waals surface area contributed by atoms with Crippen LogP contribution in [0.2, 0.25) is 0 Å². The molecule has 2 rings (SSSR count).